The van der Waals surface area contributed by atoms with Crippen molar-refractivity contribution in [2.24, 2.45) is 0 Å². The number of carbonyl (C=O) groups is 2. The number of nitrogens with one attached hydrogen (secondary N) is 1. The Morgan fingerprint density at radius 2 is 1.89 bits per heavy atom. The molecule has 1 aromatic rings. The van der Waals surface area contributed by atoms with Crippen molar-refractivity contribution >= 4 is 17.6 Å². The minimum absolute atomic E-state index is 0.00255. The molecule has 1 amide bonds. The van der Waals surface area contributed by atoms with Crippen LogP contribution in [0, 0.1) is 6.92 Å². The quantitative estimate of drug-likeness (QED) is 0.640. The highest BCUT2D eigenvalue weighted by molar-refractivity contribution is 5.94. The van der Waals surface area contributed by atoms with E-state index in [-0.39, 0.29) is 11.9 Å². The van der Waals surface area contributed by atoms with E-state index >= 15 is 0 Å². The van der Waals surface area contributed by atoms with Crippen LogP contribution in [0.4, 0.5) is 5.69 Å². The Labute approximate surface area is 113 Å². The number of amides is 1. The number of hydrogen-bond donors (Lipinski definition) is 2. The number of nitrogens with two attached hydrogens (primary N) is 1. The largest absolute Gasteiger partial charge is 0.449 e. The molecule has 0 heterocycles. The van der Waals surface area contributed by atoms with E-state index < -0.39 is 12.1 Å². The fraction of sp³-hybridized carbons (Fsp3) is 0.429. The molecule has 1 atom stereocenters. The normalized spacial score (nSPS) is 12.1. The summed E-state index contributed by atoms with van der Waals surface area (Å²) in [5, 5.41) is 2.68. The van der Waals surface area contributed by atoms with Gasteiger partial charge in [0.1, 0.15) is 0 Å². The minimum atomic E-state index is -0.837. The molecule has 1 aromatic carbocycles. The van der Waals surface area contributed by atoms with Gasteiger partial charge in [0.25, 0.3) is 5.91 Å². The predicted octanol–water partition coefficient (Wildman–Crippen LogP) is 1.65. The lowest BCUT2D eigenvalue weighted by molar-refractivity contribution is -0.129. The molecule has 19 heavy (non-hydrogen) atoms. The van der Waals surface area contributed by atoms with Gasteiger partial charge in [-0.25, -0.2) is 4.79 Å². The highest BCUT2D eigenvalue weighted by Gasteiger charge is 2.20. The van der Waals surface area contributed by atoms with E-state index in [2.05, 4.69) is 5.32 Å². The van der Waals surface area contributed by atoms with E-state index in [0.29, 0.717) is 11.3 Å². The molecule has 104 valence electrons. The van der Waals surface area contributed by atoms with Crippen LogP contribution in [-0.4, -0.2) is 24.0 Å². The molecule has 0 fully saturated rings. The first-order valence-electron chi connectivity index (χ1n) is 6.18. The zero-order chi connectivity index (χ0) is 14.6. The van der Waals surface area contributed by atoms with Crippen molar-refractivity contribution in [2.45, 2.75) is 39.8 Å². The molecule has 3 N–H and O–H groups in total. The van der Waals surface area contributed by atoms with Gasteiger partial charge in [0.2, 0.25) is 0 Å². The van der Waals surface area contributed by atoms with E-state index in [9.17, 15) is 9.59 Å². The Morgan fingerprint density at radius 3 is 2.47 bits per heavy atom. The smallest absolute Gasteiger partial charge is 0.339 e. The van der Waals surface area contributed by atoms with Gasteiger partial charge in [-0.2, -0.15) is 0 Å². The maximum absolute atomic E-state index is 12.0. The zero-order valence-corrected chi connectivity index (χ0v) is 11.7. The lowest BCUT2D eigenvalue weighted by Gasteiger charge is -2.16. The fourth-order valence-corrected chi connectivity index (χ4v) is 1.54. The zero-order valence-electron chi connectivity index (χ0n) is 11.7. The molecular formula is C14H20N2O3. The third-order valence-corrected chi connectivity index (χ3v) is 2.57. The van der Waals surface area contributed by atoms with Crippen LogP contribution in [0.25, 0.3) is 0 Å². The maximum atomic E-state index is 12.0. The summed E-state index contributed by atoms with van der Waals surface area (Å²) in [5.74, 6) is -0.860. The van der Waals surface area contributed by atoms with Crippen molar-refractivity contribution in [3.05, 3.63) is 29.3 Å². The van der Waals surface area contributed by atoms with Crippen LogP contribution >= 0.6 is 0 Å². The van der Waals surface area contributed by atoms with E-state index in [4.69, 9.17) is 10.5 Å². The molecule has 5 heteroatoms. The summed E-state index contributed by atoms with van der Waals surface area (Å²) in [7, 11) is 0. The average molecular weight is 264 g/mol. The maximum Gasteiger partial charge on any atom is 0.339 e. The Hall–Kier alpha value is -2.04. The van der Waals surface area contributed by atoms with Gasteiger partial charge in [0.15, 0.2) is 6.10 Å². The first-order chi connectivity index (χ1) is 8.81. The van der Waals surface area contributed by atoms with Gasteiger partial charge < -0.3 is 15.8 Å². The number of rotatable bonds is 4. The molecular weight excluding hydrogens is 244 g/mol. The van der Waals surface area contributed by atoms with Crippen LogP contribution in [0.15, 0.2) is 18.2 Å². The van der Waals surface area contributed by atoms with Gasteiger partial charge in [-0.15, -0.1) is 0 Å². The third kappa shape index (κ3) is 4.28. The van der Waals surface area contributed by atoms with E-state index in [0.717, 1.165) is 5.56 Å². The standard InChI is InChI=1S/C14H20N2O3/c1-8(2)16-13(17)10(4)19-14(18)12-7-11(15)6-5-9(12)3/h5-8,10H,15H2,1-4H3,(H,16,17). The minimum Gasteiger partial charge on any atom is -0.449 e. The summed E-state index contributed by atoms with van der Waals surface area (Å²) >= 11 is 0. The van der Waals surface area contributed by atoms with Crippen LogP contribution in [-0.2, 0) is 9.53 Å². The molecule has 1 rings (SSSR count). The first kappa shape index (κ1) is 15.0. The predicted molar refractivity (Wildman–Crippen MR) is 73.7 cm³/mol. The number of nitrogen functional groups attached to an aromatic ring is 1. The molecule has 0 aliphatic rings. The lowest BCUT2D eigenvalue weighted by atomic mass is 10.1. The number of ether oxygens (including phenoxy) is 1. The third-order valence-electron chi connectivity index (χ3n) is 2.57. The molecule has 0 bridgehead atoms. The lowest BCUT2D eigenvalue weighted by Crippen LogP contribution is -2.39. The SMILES string of the molecule is Cc1ccc(N)cc1C(=O)OC(C)C(=O)NC(C)C. The van der Waals surface area contributed by atoms with Crippen LogP contribution in [0.3, 0.4) is 0 Å². The molecule has 0 saturated carbocycles. The summed E-state index contributed by atoms with van der Waals surface area (Å²) in [6.07, 6.45) is -0.837. The second-order valence-corrected chi connectivity index (χ2v) is 4.79. The molecule has 0 radical (unpaired) electrons. The molecule has 0 aliphatic heterocycles. The molecule has 5 nitrogen and oxygen atoms in total. The first-order valence-corrected chi connectivity index (χ1v) is 6.18. The van der Waals surface area contributed by atoms with Crippen LogP contribution < -0.4 is 11.1 Å². The molecule has 1 unspecified atom stereocenters. The highest BCUT2D eigenvalue weighted by Crippen LogP contribution is 2.14. The number of aryl methyl sites for hydroxylation is 1. The Balaban J connectivity index is 2.74. The summed E-state index contributed by atoms with van der Waals surface area (Å²) < 4.78 is 5.13. The van der Waals surface area contributed by atoms with Gasteiger partial charge in [-0.1, -0.05) is 6.07 Å². The Morgan fingerprint density at radius 1 is 1.26 bits per heavy atom. The molecule has 0 saturated heterocycles. The Bertz CT molecular complexity index is 484. The van der Waals surface area contributed by atoms with Crippen molar-refractivity contribution in [3.63, 3.8) is 0 Å². The molecule has 0 spiro atoms. The number of esters is 1. The van der Waals surface area contributed by atoms with Crippen LogP contribution in [0.5, 0.6) is 0 Å². The van der Waals surface area contributed by atoms with Crippen LogP contribution in [0.2, 0.25) is 0 Å². The second-order valence-electron chi connectivity index (χ2n) is 4.79. The summed E-state index contributed by atoms with van der Waals surface area (Å²) in [6, 6.07) is 5.00. The number of carbonyl (C=O) groups excluding carboxylic acids is 2. The van der Waals surface area contributed by atoms with E-state index in [1.165, 1.54) is 6.92 Å². The average Bonchev–Trinajstić information content (AvgIpc) is 2.31. The Kier molecular flexibility index (Phi) is 4.92. The van der Waals surface area contributed by atoms with Gasteiger partial charge in [0, 0.05) is 11.7 Å². The summed E-state index contributed by atoms with van der Waals surface area (Å²) in [4.78, 5) is 23.6. The van der Waals surface area contributed by atoms with Crippen molar-refractivity contribution in [3.8, 4) is 0 Å². The van der Waals surface area contributed by atoms with Crippen molar-refractivity contribution < 1.29 is 14.3 Å². The van der Waals surface area contributed by atoms with Gasteiger partial charge in [-0.05, 0) is 45.4 Å². The molecule has 0 aromatic heterocycles. The monoisotopic (exact) mass is 264 g/mol. The van der Waals surface area contributed by atoms with Crippen molar-refractivity contribution in [1.82, 2.24) is 5.32 Å². The number of anilines is 1. The van der Waals surface area contributed by atoms with Crippen LogP contribution in [0.1, 0.15) is 36.7 Å². The number of hydrogen-bond acceptors (Lipinski definition) is 4. The van der Waals surface area contributed by atoms with Crippen molar-refractivity contribution in [1.29, 1.82) is 0 Å². The van der Waals surface area contributed by atoms with E-state index in [1.54, 1.807) is 25.1 Å². The van der Waals surface area contributed by atoms with E-state index in [1.807, 2.05) is 13.8 Å². The molecule has 0 aliphatic carbocycles. The van der Waals surface area contributed by atoms with Gasteiger partial charge in [-0.3, -0.25) is 4.79 Å². The highest BCUT2D eigenvalue weighted by atomic mass is 16.5. The number of benzene rings is 1. The van der Waals surface area contributed by atoms with Gasteiger partial charge >= 0.3 is 5.97 Å². The summed E-state index contributed by atoms with van der Waals surface area (Å²) in [6.45, 7) is 7.01. The second kappa shape index (κ2) is 6.22. The summed E-state index contributed by atoms with van der Waals surface area (Å²) in [5.41, 5.74) is 7.26. The van der Waals surface area contributed by atoms with Crippen molar-refractivity contribution in [2.75, 3.05) is 5.73 Å². The van der Waals surface area contributed by atoms with Gasteiger partial charge in [0.05, 0.1) is 5.56 Å². The topological polar surface area (TPSA) is 81.4 Å². The fourth-order valence-electron chi connectivity index (χ4n) is 1.54.